The molecule has 0 fully saturated rings. The first-order valence-electron chi connectivity index (χ1n) is 12.0. The summed E-state index contributed by atoms with van der Waals surface area (Å²) in [7, 11) is -4.12. The van der Waals surface area contributed by atoms with Crippen molar-refractivity contribution in [1.29, 1.82) is 0 Å². The van der Waals surface area contributed by atoms with Gasteiger partial charge in [-0.2, -0.15) is 0 Å². The van der Waals surface area contributed by atoms with Crippen molar-refractivity contribution >= 4 is 39.1 Å². The largest absolute Gasteiger partial charge is 0.352 e. The number of carbonyl (C=O) groups excluding carboxylic acids is 2. The fourth-order valence-corrected chi connectivity index (χ4v) is 5.27. The van der Waals surface area contributed by atoms with E-state index in [-0.39, 0.29) is 23.4 Å². The van der Waals surface area contributed by atoms with Crippen LogP contribution in [0.25, 0.3) is 0 Å². The number of hydrogen-bond donors (Lipinski definition) is 1. The number of benzene rings is 3. The second kappa shape index (κ2) is 12.3. The molecule has 37 heavy (non-hydrogen) atoms. The summed E-state index contributed by atoms with van der Waals surface area (Å²) >= 11 is 5.96. The number of aryl methyl sites for hydroxylation is 1. The van der Waals surface area contributed by atoms with Crippen molar-refractivity contribution in [3.63, 3.8) is 0 Å². The molecule has 196 valence electrons. The number of anilines is 1. The van der Waals surface area contributed by atoms with Gasteiger partial charge in [-0.15, -0.1) is 0 Å². The maximum Gasteiger partial charge on any atom is 0.264 e. The van der Waals surface area contributed by atoms with Gasteiger partial charge in [0.15, 0.2) is 0 Å². The molecular formula is C28H32ClN3O4S. The van der Waals surface area contributed by atoms with E-state index >= 15 is 0 Å². The monoisotopic (exact) mass is 541 g/mol. The Morgan fingerprint density at radius 1 is 0.892 bits per heavy atom. The minimum Gasteiger partial charge on any atom is -0.352 e. The van der Waals surface area contributed by atoms with Crippen LogP contribution < -0.4 is 9.62 Å². The Bertz CT molecular complexity index is 1310. The van der Waals surface area contributed by atoms with Crippen LogP contribution in [0, 0.1) is 6.92 Å². The van der Waals surface area contributed by atoms with Gasteiger partial charge in [0, 0.05) is 17.6 Å². The molecule has 3 rings (SSSR count). The zero-order chi connectivity index (χ0) is 27.2. The molecule has 3 aromatic carbocycles. The maximum absolute atomic E-state index is 13.8. The second-order valence-electron chi connectivity index (χ2n) is 9.15. The summed E-state index contributed by atoms with van der Waals surface area (Å²) < 4.78 is 28.4. The van der Waals surface area contributed by atoms with Gasteiger partial charge < -0.3 is 10.2 Å². The fraction of sp³-hybridized carbons (Fsp3) is 0.286. The lowest BCUT2D eigenvalue weighted by Gasteiger charge is -2.32. The minimum atomic E-state index is -4.12. The van der Waals surface area contributed by atoms with Crippen LogP contribution in [-0.4, -0.2) is 43.8 Å². The number of nitrogens with zero attached hydrogens (tertiary/aromatic N) is 2. The average molecular weight is 542 g/mol. The SMILES string of the molecule is Cc1ccc(CN(C(=O)CN(c2ccccc2)S(=O)(=O)c2ccc(Cl)cc2)[C@H](C)C(=O)NC(C)C)cc1. The van der Waals surface area contributed by atoms with Crippen LogP contribution in [-0.2, 0) is 26.2 Å². The molecular weight excluding hydrogens is 510 g/mol. The first kappa shape index (κ1) is 28.2. The van der Waals surface area contributed by atoms with E-state index in [1.165, 1.54) is 29.2 Å². The van der Waals surface area contributed by atoms with Gasteiger partial charge in [0.05, 0.1) is 10.6 Å². The lowest BCUT2D eigenvalue weighted by Crippen LogP contribution is -2.52. The molecule has 0 spiro atoms. The van der Waals surface area contributed by atoms with Crippen LogP contribution in [0.2, 0.25) is 5.02 Å². The highest BCUT2D eigenvalue weighted by molar-refractivity contribution is 7.92. The Labute approximate surface area is 224 Å². The van der Waals surface area contributed by atoms with Crippen LogP contribution >= 0.6 is 11.6 Å². The first-order chi connectivity index (χ1) is 17.5. The molecule has 3 aromatic rings. The van der Waals surface area contributed by atoms with E-state index in [4.69, 9.17) is 11.6 Å². The van der Waals surface area contributed by atoms with Crippen molar-refractivity contribution in [2.45, 2.75) is 51.2 Å². The molecule has 1 N–H and O–H groups in total. The van der Waals surface area contributed by atoms with Gasteiger partial charge in [0.1, 0.15) is 12.6 Å². The predicted molar refractivity (Wildman–Crippen MR) is 147 cm³/mol. The minimum absolute atomic E-state index is 0.00392. The van der Waals surface area contributed by atoms with E-state index in [0.717, 1.165) is 15.4 Å². The highest BCUT2D eigenvalue weighted by atomic mass is 35.5. The smallest absolute Gasteiger partial charge is 0.264 e. The second-order valence-corrected chi connectivity index (χ2v) is 11.4. The molecule has 9 heteroatoms. The van der Waals surface area contributed by atoms with Crippen molar-refractivity contribution in [3.8, 4) is 0 Å². The van der Waals surface area contributed by atoms with Crippen molar-refractivity contribution < 1.29 is 18.0 Å². The molecule has 1 atom stereocenters. The average Bonchev–Trinajstić information content (AvgIpc) is 2.86. The number of halogens is 1. The van der Waals surface area contributed by atoms with Gasteiger partial charge in [0.2, 0.25) is 11.8 Å². The third-order valence-corrected chi connectivity index (χ3v) is 7.84. The van der Waals surface area contributed by atoms with Crippen molar-refractivity contribution in [1.82, 2.24) is 10.2 Å². The summed E-state index contributed by atoms with van der Waals surface area (Å²) in [4.78, 5) is 28.1. The zero-order valence-electron chi connectivity index (χ0n) is 21.4. The molecule has 0 saturated carbocycles. The van der Waals surface area contributed by atoms with Gasteiger partial charge in [-0.25, -0.2) is 8.42 Å². The maximum atomic E-state index is 13.8. The molecule has 0 aromatic heterocycles. The van der Waals surface area contributed by atoms with Gasteiger partial charge in [-0.3, -0.25) is 13.9 Å². The van der Waals surface area contributed by atoms with Crippen LogP contribution in [0.1, 0.15) is 31.9 Å². The molecule has 0 aliphatic rings. The Hall–Kier alpha value is -3.36. The van der Waals surface area contributed by atoms with E-state index < -0.39 is 28.5 Å². The Morgan fingerprint density at radius 3 is 2.05 bits per heavy atom. The molecule has 0 aliphatic heterocycles. The van der Waals surface area contributed by atoms with E-state index in [9.17, 15) is 18.0 Å². The van der Waals surface area contributed by atoms with Crippen LogP contribution in [0.3, 0.4) is 0 Å². The Balaban J connectivity index is 1.99. The number of amides is 2. The third kappa shape index (κ3) is 7.33. The van der Waals surface area contributed by atoms with Crippen LogP contribution in [0.4, 0.5) is 5.69 Å². The highest BCUT2D eigenvalue weighted by Gasteiger charge is 2.32. The van der Waals surface area contributed by atoms with E-state index in [1.807, 2.05) is 45.0 Å². The number of rotatable bonds is 10. The molecule has 0 bridgehead atoms. The van der Waals surface area contributed by atoms with E-state index in [0.29, 0.717) is 10.7 Å². The first-order valence-corrected chi connectivity index (χ1v) is 13.8. The molecule has 0 radical (unpaired) electrons. The molecule has 0 saturated heterocycles. The molecule has 2 amide bonds. The summed E-state index contributed by atoms with van der Waals surface area (Å²) in [6.45, 7) is 6.95. The standard InChI is InChI=1S/C28H32ClN3O4S/c1-20(2)30-28(34)22(4)31(18-23-12-10-21(3)11-13-23)27(33)19-32(25-8-6-5-7-9-25)37(35,36)26-16-14-24(29)15-17-26/h5-17,20,22H,18-19H2,1-4H3,(H,30,34)/t22-/m1/s1. The number of carbonyl (C=O) groups is 2. The Morgan fingerprint density at radius 2 is 1.49 bits per heavy atom. The number of para-hydroxylation sites is 1. The van der Waals surface area contributed by atoms with Crippen molar-refractivity contribution in [2.75, 3.05) is 10.8 Å². The zero-order valence-corrected chi connectivity index (χ0v) is 23.0. The summed E-state index contributed by atoms with van der Waals surface area (Å²) in [6.07, 6.45) is 0. The number of hydrogen-bond acceptors (Lipinski definition) is 4. The molecule has 0 aliphatic carbocycles. The third-order valence-electron chi connectivity index (χ3n) is 5.80. The fourth-order valence-electron chi connectivity index (χ4n) is 3.73. The highest BCUT2D eigenvalue weighted by Crippen LogP contribution is 2.25. The molecule has 7 nitrogen and oxygen atoms in total. The van der Waals surface area contributed by atoms with Crippen LogP contribution in [0.15, 0.2) is 83.8 Å². The van der Waals surface area contributed by atoms with Gasteiger partial charge in [0.25, 0.3) is 10.0 Å². The summed E-state index contributed by atoms with van der Waals surface area (Å²) in [5, 5.41) is 3.24. The normalized spacial score (nSPS) is 12.2. The summed E-state index contributed by atoms with van der Waals surface area (Å²) in [5.41, 5.74) is 2.23. The molecule has 0 heterocycles. The lowest BCUT2D eigenvalue weighted by atomic mass is 10.1. The quantitative estimate of drug-likeness (QED) is 0.400. The number of nitrogens with one attached hydrogen (secondary N) is 1. The predicted octanol–water partition coefficient (Wildman–Crippen LogP) is 4.79. The van der Waals surface area contributed by atoms with Crippen molar-refractivity contribution in [2.24, 2.45) is 0 Å². The van der Waals surface area contributed by atoms with Crippen molar-refractivity contribution in [3.05, 3.63) is 95.0 Å². The number of sulfonamides is 1. The lowest BCUT2D eigenvalue weighted by molar-refractivity contribution is -0.139. The van der Waals surface area contributed by atoms with E-state index in [2.05, 4.69) is 5.32 Å². The van der Waals surface area contributed by atoms with Gasteiger partial charge in [-0.05, 0) is 69.7 Å². The van der Waals surface area contributed by atoms with Gasteiger partial charge in [-0.1, -0.05) is 59.6 Å². The molecule has 0 unspecified atom stereocenters. The van der Waals surface area contributed by atoms with E-state index in [1.54, 1.807) is 37.3 Å². The Kier molecular flexibility index (Phi) is 9.34. The van der Waals surface area contributed by atoms with Gasteiger partial charge >= 0.3 is 0 Å². The topological polar surface area (TPSA) is 86.8 Å². The summed E-state index contributed by atoms with van der Waals surface area (Å²) in [5.74, 6) is -0.823. The van der Waals surface area contributed by atoms with Crippen LogP contribution in [0.5, 0.6) is 0 Å². The summed E-state index contributed by atoms with van der Waals surface area (Å²) in [6, 6.07) is 20.9.